The third kappa shape index (κ3) is 3.33. The molecule has 1 aromatic rings. The molecule has 94 valence electrons. The number of carboxylic acids is 1. The summed E-state index contributed by atoms with van der Waals surface area (Å²) < 4.78 is 2.58. The Bertz CT molecular complexity index is 440. The fraction of sp³-hybridized carbons (Fsp3) is 0.455. The summed E-state index contributed by atoms with van der Waals surface area (Å²) in [6, 6.07) is 0.892. The van der Waals surface area contributed by atoms with E-state index in [4.69, 9.17) is 5.11 Å². The number of carbonyl (C=O) groups is 2. The molecule has 0 radical (unpaired) electrons. The van der Waals surface area contributed by atoms with E-state index in [1.54, 1.807) is 16.8 Å². The summed E-state index contributed by atoms with van der Waals surface area (Å²) in [6.45, 7) is 5.33. The van der Waals surface area contributed by atoms with Crippen molar-refractivity contribution in [3.8, 4) is 0 Å². The number of nitrogens with one attached hydrogen (secondary N) is 1. The van der Waals surface area contributed by atoms with Gasteiger partial charge in [-0.1, -0.05) is 0 Å². The molecule has 0 aromatic carbocycles. The van der Waals surface area contributed by atoms with Crippen LogP contribution in [0, 0.1) is 0 Å². The van der Waals surface area contributed by atoms with Crippen LogP contribution in [0.3, 0.4) is 0 Å². The minimum atomic E-state index is -1.06. The van der Waals surface area contributed by atoms with E-state index in [1.165, 1.54) is 6.92 Å². The van der Waals surface area contributed by atoms with E-state index < -0.39 is 12.0 Å². The first-order valence-electron chi connectivity index (χ1n) is 5.24. The minimum absolute atomic E-state index is 0.127. The van der Waals surface area contributed by atoms with E-state index in [0.717, 1.165) is 4.47 Å². The van der Waals surface area contributed by atoms with Gasteiger partial charge >= 0.3 is 5.97 Å². The van der Waals surface area contributed by atoms with Crippen molar-refractivity contribution >= 4 is 27.8 Å². The number of hydrogen-bond donors (Lipinski definition) is 2. The number of halogens is 1. The number of amides is 1. The molecular weight excluding hydrogens is 288 g/mol. The molecule has 1 amide bonds. The van der Waals surface area contributed by atoms with Crippen LogP contribution in [-0.2, 0) is 4.79 Å². The molecule has 1 atom stereocenters. The molecule has 1 heterocycles. The molecule has 6 heteroatoms. The molecular formula is C11H15BrN2O3. The molecule has 1 rings (SSSR count). The first-order chi connectivity index (χ1) is 7.82. The highest BCUT2D eigenvalue weighted by atomic mass is 79.9. The number of nitrogens with zero attached hydrogens (tertiary/aromatic N) is 1. The van der Waals surface area contributed by atoms with Crippen LogP contribution in [0.4, 0.5) is 0 Å². The molecule has 0 aliphatic heterocycles. The number of carbonyl (C=O) groups excluding carboxylic acids is 1. The van der Waals surface area contributed by atoms with Gasteiger partial charge in [0, 0.05) is 16.7 Å². The zero-order valence-corrected chi connectivity index (χ0v) is 11.5. The maximum absolute atomic E-state index is 11.9. The molecule has 1 aromatic heterocycles. The number of hydrogen-bond acceptors (Lipinski definition) is 2. The van der Waals surface area contributed by atoms with E-state index in [9.17, 15) is 9.59 Å². The second-order valence-electron chi connectivity index (χ2n) is 4.08. The average Bonchev–Trinajstić information content (AvgIpc) is 2.60. The number of carboxylic acid groups (broad SMARTS) is 1. The second kappa shape index (κ2) is 5.35. The predicted octanol–water partition coefficient (Wildman–Crippen LogP) is 2.03. The van der Waals surface area contributed by atoms with Crippen molar-refractivity contribution in [3.05, 3.63) is 22.4 Å². The van der Waals surface area contributed by atoms with Crippen LogP contribution >= 0.6 is 15.9 Å². The highest BCUT2D eigenvalue weighted by molar-refractivity contribution is 9.10. The zero-order valence-electron chi connectivity index (χ0n) is 9.90. The fourth-order valence-electron chi connectivity index (χ4n) is 1.39. The van der Waals surface area contributed by atoms with Crippen LogP contribution in [0.25, 0.3) is 0 Å². The molecule has 0 fully saturated rings. The number of aromatic nitrogens is 1. The lowest BCUT2D eigenvalue weighted by Gasteiger charge is -2.14. The molecule has 2 N–H and O–H groups in total. The summed E-state index contributed by atoms with van der Waals surface area (Å²) in [7, 11) is 0. The van der Waals surface area contributed by atoms with Gasteiger partial charge in [-0.05, 0) is 42.8 Å². The van der Waals surface area contributed by atoms with Crippen molar-refractivity contribution in [1.82, 2.24) is 9.88 Å². The van der Waals surface area contributed by atoms with Gasteiger partial charge in [0.2, 0.25) is 0 Å². The van der Waals surface area contributed by atoms with Gasteiger partial charge in [0.05, 0.1) is 0 Å². The smallest absolute Gasteiger partial charge is 0.325 e. The summed E-state index contributed by atoms with van der Waals surface area (Å²) in [5.41, 5.74) is 0.444. The van der Waals surface area contributed by atoms with Crippen LogP contribution in [-0.4, -0.2) is 27.6 Å². The van der Waals surface area contributed by atoms with E-state index in [-0.39, 0.29) is 11.9 Å². The lowest BCUT2D eigenvalue weighted by Crippen LogP contribution is -2.39. The van der Waals surface area contributed by atoms with Gasteiger partial charge < -0.3 is 15.0 Å². The van der Waals surface area contributed by atoms with Gasteiger partial charge in [-0.3, -0.25) is 9.59 Å². The quantitative estimate of drug-likeness (QED) is 0.894. The largest absolute Gasteiger partial charge is 0.480 e. The lowest BCUT2D eigenvalue weighted by atomic mass is 10.3. The van der Waals surface area contributed by atoms with E-state index in [2.05, 4.69) is 21.2 Å². The summed E-state index contributed by atoms with van der Waals surface area (Å²) in [5.74, 6) is -1.45. The summed E-state index contributed by atoms with van der Waals surface area (Å²) in [5, 5.41) is 11.2. The molecule has 0 spiro atoms. The third-order valence-electron chi connectivity index (χ3n) is 2.32. The Kier molecular flexibility index (Phi) is 4.34. The molecule has 17 heavy (non-hydrogen) atoms. The van der Waals surface area contributed by atoms with Crippen LogP contribution < -0.4 is 5.32 Å². The molecule has 0 saturated carbocycles. The van der Waals surface area contributed by atoms with Gasteiger partial charge in [-0.2, -0.15) is 0 Å². The van der Waals surface area contributed by atoms with Crippen molar-refractivity contribution in [2.75, 3.05) is 0 Å². The van der Waals surface area contributed by atoms with Gasteiger partial charge in [-0.15, -0.1) is 0 Å². The predicted molar refractivity (Wildman–Crippen MR) is 67.1 cm³/mol. The first kappa shape index (κ1) is 13.8. The normalized spacial score (nSPS) is 12.5. The molecule has 0 bridgehead atoms. The highest BCUT2D eigenvalue weighted by Gasteiger charge is 2.19. The maximum Gasteiger partial charge on any atom is 0.325 e. The Balaban J connectivity index is 2.92. The van der Waals surface area contributed by atoms with Crippen molar-refractivity contribution in [2.24, 2.45) is 0 Å². The lowest BCUT2D eigenvalue weighted by molar-refractivity contribution is -0.138. The Morgan fingerprint density at radius 1 is 1.41 bits per heavy atom. The van der Waals surface area contributed by atoms with Crippen molar-refractivity contribution < 1.29 is 14.7 Å². The van der Waals surface area contributed by atoms with Gasteiger partial charge in [0.15, 0.2) is 0 Å². The monoisotopic (exact) mass is 302 g/mol. The summed E-state index contributed by atoms with van der Waals surface area (Å²) >= 11 is 3.30. The van der Waals surface area contributed by atoms with Crippen LogP contribution in [0.2, 0.25) is 0 Å². The Labute approximate surface area is 108 Å². The molecule has 0 saturated heterocycles. The maximum atomic E-state index is 11.9. The standard InChI is InChI=1S/C11H15BrN2O3/c1-6(2)14-5-8(12)4-9(14)10(15)13-7(3)11(16)17/h4-7H,1-3H3,(H,13,15)(H,16,17)/t7-/m0/s1. The van der Waals surface area contributed by atoms with Crippen molar-refractivity contribution in [3.63, 3.8) is 0 Å². The van der Waals surface area contributed by atoms with Gasteiger partial charge in [-0.25, -0.2) is 0 Å². The highest BCUT2D eigenvalue weighted by Crippen LogP contribution is 2.19. The Morgan fingerprint density at radius 3 is 2.47 bits per heavy atom. The van der Waals surface area contributed by atoms with E-state index >= 15 is 0 Å². The van der Waals surface area contributed by atoms with Crippen molar-refractivity contribution in [1.29, 1.82) is 0 Å². The summed E-state index contributed by atoms with van der Waals surface area (Å²) in [6.07, 6.45) is 1.80. The van der Waals surface area contributed by atoms with Crippen LogP contribution in [0.1, 0.15) is 37.3 Å². The average molecular weight is 303 g/mol. The number of aliphatic carboxylic acids is 1. The summed E-state index contributed by atoms with van der Waals surface area (Å²) in [4.78, 5) is 22.5. The molecule has 0 aliphatic rings. The topological polar surface area (TPSA) is 71.3 Å². The second-order valence-corrected chi connectivity index (χ2v) is 4.99. The van der Waals surface area contributed by atoms with Crippen LogP contribution in [0.5, 0.6) is 0 Å². The van der Waals surface area contributed by atoms with Crippen LogP contribution in [0.15, 0.2) is 16.7 Å². The number of rotatable bonds is 4. The Hall–Kier alpha value is -1.30. The van der Waals surface area contributed by atoms with Crippen molar-refractivity contribution in [2.45, 2.75) is 32.9 Å². The van der Waals surface area contributed by atoms with Gasteiger partial charge in [0.25, 0.3) is 5.91 Å². The third-order valence-corrected chi connectivity index (χ3v) is 2.76. The Morgan fingerprint density at radius 2 is 2.00 bits per heavy atom. The van der Waals surface area contributed by atoms with Gasteiger partial charge in [0.1, 0.15) is 11.7 Å². The van der Waals surface area contributed by atoms with E-state index in [0.29, 0.717) is 5.69 Å². The molecule has 0 unspecified atom stereocenters. The molecule has 0 aliphatic carbocycles. The first-order valence-corrected chi connectivity index (χ1v) is 6.03. The minimum Gasteiger partial charge on any atom is -0.480 e. The SMILES string of the molecule is CC(C)n1cc(Br)cc1C(=O)N[C@@H](C)C(=O)O. The fourth-order valence-corrected chi connectivity index (χ4v) is 1.82. The van der Waals surface area contributed by atoms with E-state index in [1.807, 2.05) is 13.8 Å². The zero-order chi connectivity index (χ0) is 13.2. The molecule has 5 nitrogen and oxygen atoms in total.